The van der Waals surface area contributed by atoms with Crippen molar-refractivity contribution in [2.75, 3.05) is 0 Å². The van der Waals surface area contributed by atoms with Crippen LogP contribution in [0.4, 0.5) is 0 Å². The third-order valence-electron chi connectivity index (χ3n) is 3.18. The molecule has 0 amide bonds. The van der Waals surface area contributed by atoms with E-state index in [9.17, 15) is 9.90 Å². The maximum atomic E-state index is 10.7. The van der Waals surface area contributed by atoms with Crippen molar-refractivity contribution in [1.29, 1.82) is 0 Å². The lowest BCUT2D eigenvalue weighted by Crippen LogP contribution is -2.21. The number of carboxylic acid groups (broad SMARTS) is 1. The predicted molar refractivity (Wildman–Crippen MR) is 77.2 cm³/mol. The molecule has 0 radical (unpaired) electrons. The summed E-state index contributed by atoms with van der Waals surface area (Å²) in [5.41, 5.74) is 2.24. The Hall–Kier alpha value is -2.23. The van der Waals surface area contributed by atoms with Crippen molar-refractivity contribution in [3.05, 3.63) is 53.0 Å². The quantitative estimate of drug-likeness (QED) is 0.867. The summed E-state index contributed by atoms with van der Waals surface area (Å²) < 4.78 is 10.9. The zero-order chi connectivity index (χ0) is 15.6. The van der Waals surface area contributed by atoms with E-state index in [0.717, 1.165) is 11.3 Å². The summed E-state index contributed by atoms with van der Waals surface area (Å²) in [5, 5.41) is 10.7. The Kier molecular flexibility index (Phi) is 4.07. The van der Waals surface area contributed by atoms with Gasteiger partial charge in [0.1, 0.15) is 29.8 Å². The van der Waals surface area contributed by atoms with Gasteiger partial charge in [0.05, 0.1) is 0 Å². The van der Waals surface area contributed by atoms with Gasteiger partial charge in [-0.2, -0.15) is 0 Å². The van der Waals surface area contributed by atoms with Crippen LogP contribution in [0.25, 0.3) is 0 Å². The second-order valence-electron chi connectivity index (χ2n) is 6.09. The van der Waals surface area contributed by atoms with Crippen LogP contribution >= 0.6 is 0 Å². The topological polar surface area (TPSA) is 62.5 Å². The summed E-state index contributed by atoms with van der Waals surface area (Å²) in [6, 6.07) is 8.96. The van der Waals surface area contributed by atoms with Crippen molar-refractivity contribution < 1.29 is 19.1 Å². The summed E-state index contributed by atoms with van der Waals surface area (Å²) >= 11 is 0. The van der Waals surface area contributed by atoms with Crippen LogP contribution in [-0.2, 0) is 12.0 Å². The molecule has 2 rings (SSSR count). The Morgan fingerprint density at radius 3 is 2.52 bits per heavy atom. The number of furan rings is 1. The number of benzene rings is 1. The molecule has 0 fully saturated rings. The van der Waals surface area contributed by atoms with Gasteiger partial charge < -0.3 is 19.1 Å². The molecule has 0 atom stereocenters. The van der Waals surface area contributed by atoms with Gasteiger partial charge in [0.15, 0.2) is 0 Å². The molecule has 0 aliphatic heterocycles. The predicted octanol–water partition coefficient (Wildman–Crippen LogP) is 2.83. The Labute approximate surface area is 124 Å². The van der Waals surface area contributed by atoms with E-state index in [1.807, 2.05) is 19.1 Å². The van der Waals surface area contributed by atoms with Crippen LogP contribution < -0.4 is 9.84 Å². The van der Waals surface area contributed by atoms with Gasteiger partial charge >= 0.3 is 0 Å². The SMILES string of the molecule is Cc1ccc(OCc2ccc(C(=O)[O-])o2)c(C(C)(C)C)c1. The molecular weight excluding hydrogens is 268 g/mol. The van der Waals surface area contributed by atoms with Crippen LogP contribution in [0.15, 0.2) is 34.7 Å². The number of carbonyl (C=O) groups excluding carboxylic acids is 1. The Bertz CT molecular complexity index is 647. The molecular formula is C17H19O4-. The third-order valence-corrected chi connectivity index (χ3v) is 3.18. The van der Waals surface area contributed by atoms with Crippen LogP contribution in [0.5, 0.6) is 5.75 Å². The van der Waals surface area contributed by atoms with Gasteiger partial charge in [-0.15, -0.1) is 0 Å². The van der Waals surface area contributed by atoms with E-state index in [0.29, 0.717) is 5.76 Å². The molecule has 0 spiro atoms. The van der Waals surface area contributed by atoms with Crippen LogP contribution in [0.3, 0.4) is 0 Å². The van der Waals surface area contributed by atoms with Crippen LogP contribution in [0.2, 0.25) is 0 Å². The number of aromatic carboxylic acids is 1. The van der Waals surface area contributed by atoms with E-state index < -0.39 is 5.97 Å². The zero-order valence-electron chi connectivity index (χ0n) is 12.7. The van der Waals surface area contributed by atoms with Gasteiger partial charge in [-0.05, 0) is 36.1 Å². The Morgan fingerprint density at radius 1 is 1.24 bits per heavy atom. The van der Waals surface area contributed by atoms with Gasteiger partial charge in [-0.1, -0.05) is 38.5 Å². The number of carboxylic acids is 1. The van der Waals surface area contributed by atoms with Crippen molar-refractivity contribution in [1.82, 2.24) is 0 Å². The summed E-state index contributed by atoms with van der Waals surface area (Å²) in [4.78, 5) is 10.7. The second kappa shape index (κ2) is 5.64. The monoisotopic (exact) mass is 287 g/mol. The number of hydrogen-bond donors (Lipinski definition) is 0. The first-order chi connectivity index (χ1) is 9.77. The fraction of sp³-hybridized carbons (Fsp3) is 0.353. The summed E-state index contributed by atoms with van der Waals surface area (Å²) in [7, 11) is 0. The molecule has 4 nitrogen and oxygen atoms in total. The van der Waals surface area contributed by atoms with Crippen molar-refractivity contribution in [2.24, 2.45) is 0 Å². The second-order valence-corrected chi connectivity index (χ2v) is 6.09. The highest BCUT2D eigenvalue weighted by atomic mass is 16.5. The van der Waals surface area contributed by atoms with Crippen molar-refractivity contribution in [2.45, 2.75) is 39.7 Å². The zero-order valence-corrected chi connectivity index (χ0v) is 12.7. The molecule has 0 N–H and O–H groups in total. The maximum absolute atomic E-state index is 10.7. The minimum absolute atomic E-state index is 0.0410. The van der Waals surface area contributed by atoms with E-state index in [-0.39, 0.29) is 17.8 Å². The van der Waals surface area contributed by atoms with Gasteiger partial charge in [0, 0.05) is 0 Å². The van der Waals surface area contributed by atoms with E-state index in [1.165, 1.54) is 11.6 Å². The van der Waals surface area contributed by atoms with Gasteiger partial charge in [0.25, 0.3) is 0 Å². The first kappa shape index (κ1) is 15.2. The number of rotatable bonds is 4. The maximum Gasteiger partial charge on any atom is 0.149 e. The molecule has 0 bridgehead atoms. The molecule has 0 aliphatic carbocycles. The van der Waals surface area contributed by atoms with E-state index in [2.05, 4.69) is 26.8 Å². The third kappa shape index (κ3) is 3.66. The summed E-state index contributed by atoms with van der Waals surface area (Å²) in [6.07, 6.45) is 0. The van der Waals surface area contributed by atoms with Crippen LogP contribution in [0.1, 0.15) is 48.2 Å². The minimum atomic E-state index is -1.33. The van der Waals surface area contributed by atoms with Gasteiger partial charge in [-0.3, -0.25) is 0 Å². The lowest BCUT2D eigenvalue weighted by atomic mass is 9.85. The van der Waals surface area contributed by atoms with Crippen molar-refractivity contribution >= 4 is 5.97 Å². The molecule has 112 valence electrons. The van der Waals surface area contributed by atoms with Crippen LogP contribution in [0, 0.1) is 6.92 Å². The van der Waals surface area contributed by atoms with E-state index in [4.69, 9.17) is 9.15 Å². The number of carbonyl (C=O) groups is 1. The molecule has 1 heterocycles. The van der Waals surface area contributed by atoms with Crippen LogP contribution in [-0.4, -0.2) is 5.97 Å². The van der Waals surface area contributed by atoms with E-state index >= 15 is 0 Å². The molecule has 1 aromatic carbocycles. The van der Waals surface area contributed by atoms with Gasteiger partial charge in [-0.25, -0.2) is 0 Å². The van der Waals surface area contributed by atoms with Crippen molar-refractivity contribution in [3.8, 4) is 5.75 Å². The Morgan fingerprint density at radius 2 is 1.95 bits per heavy atom. The van der Waals surface area contributed by atoms with Gasteiger partial charge in [0.2, 0.25) is 0 Å². The highest BCUT2D eigenvalue weighted by molar-refractivity contribution is 5.82. The minimum Gasteiger partial charge on any atom is -0.542 e. The standard InChI is InChI=1S/C17H20O4/c1-11-5-7-14(13(9-11)17(2,3)4)20-10-12-6-8-15(21-12)16(18)19/h5-9H,10H2,1-4H3,(H,18,19)/p-1. The molecule has 0 saturated carbocycles. The first-order valence-corrected chi connectivity index (χ1v) is 6.81. The average molecular weight is 287 g/mol. The highest BCUT2D eigenvalue weighted by Crippen LogP contribution is 2.32. The fourth-order valence-corrected chi connectivity index (χ4v) is 2.07. The lowest BCUT2D eigenvalue weighted by molar-refractivity contribution is -0.257. The normalized spacial score (nSPS) is 11.4. The number of aryl methyl sites for hydroxylation is 1. The molecule has 0 aliphatic rings. The van der Waals surface area contributed by atoms with Crippen molar-refractivity contribution in [3.63, 3.8) is 0 Å². The number of ether oxygens (including phenoxy) is 1. The average Bonchev–Trinajstić information content (AvgIpc) is 2.85. The largest absolute Gasteiger partial charge is 0.542 e. The fourth-order valence-electron chi connectivity index (χ4n) is 2.07. The highest BCUT2D eigenvalue weighted by Gasteiger charge is 2.19. The molecule has 1 aromatic heterocycles. The van der Waals surface area contributed by atoms with E-state index in [1.54, 1.807) is 6.07 Å². The first-order valence-electron chi connectivity index (χ1n) is 6.81. The molecule has 0 unspecified atom stereocenters. The molecule has 0 saturated heterocycles. The molecule has 4 heteroatoms. The molecule has 2 aromatic rings. The molecule has 21 heavy (non-hydrogen) atoms. The lowest BCUT2D eigenvalue weighted by Gasteiger charge is -2.23. The number of hydrogen-bond acceptors (Lipinski definition) is 4. The smallest absolute Gasteiger partial charge is 0.149 e. The summed E-state index contributed by atoms with van der Waals surface area (Å²) in [6.45, 7) is 8.58. The summed E-state index contributed by atoms with van der Waals surface area (Å²) in [5.74, 6) is -0.283. The Balaban J connectivity index is 2.18.